The van der Waals surface area contributed by atoms with Crippen molar-refractivity contribution in [3.05, 3.63) is 125 Å². The van der Waals surface area contributed by atoms with Crippen molar-refractivity contribution < 1.29 is 9.53 Å². The topological polar surface area (TPSA) is 38.3 Å². The summed E-state index contributed by atoms with van der Waals surface area (Å²) in [5.74, 6) is 1.63. The second-order valence-corrected chi connectivity index (χ2v) is 8.92. The Morgan fingerprint density at radius 2 is 1.44 bits per heavy atom. The lowest BCUT2D eigenvalue weighted by atomic mass is 10.0. The zero-order valence-corrected chi connectivity index (χ0v) is 17.9. The van der Waals surface area contributed by atoms with Crippen LogP contribution in [0.3, 0.4) is 0 Å². The molecule has 0 saturated carbocycles. The molecule has 3 nitrogen and oxygen atoms in total. The van der Waals surface area contributed by atoms with E-state index in [0.717, 1.165) is 50.0 Å². The van der Waals surface area contributed by atoms with Crippen molar-refractivity contribution in [1.29, 1.82) is 0 Å². The molecule has 0 radical (unpaired) electrons. The predicted octanol–water partition coefficient (Wildman–Crippen LogP) is 7.35. The smallest absolute Gasteiger partial charge is 0.193 e. The fourth-order valence-electron chi connectivity index (χ4n) is 4.28. The highest BCUT2D eigenvalue weighted by atomic mass is 32.2. The number of anilines is 1. The molecule has 0 saturated heterocycles. The molecule has 0 bridgehead atoms. The zero-order valence-electron chi connectivity index (χ0n) is 17.1. The molecule has 2 aliphatic rings. The van der Waals surface area contributed by atoms with Gasteiger partial charge in [-0.2, -0.15) is 0 Å². The average Bonchev–Trinajstić information content (AvgIpc) is 3.00. The van der Waals surface area contributed by atoms with Gasteiger partial charge in [0, 0.05) is 21.6 Å². The van der Waals surface area contributed by atoms with E-state index in [-0.39, 0.29) is 11.0 Å². The van der Waals surface area contributed by atoms with Gasteiger partial charge in [0.2, 0.25) is 0 Å². The number of Topliss-reactive ketones (excluding diaryl/α,β-unsaturated/α-hetero) is 1. The maximum atomic E-state index is 13.6. The lowest BCUT2D eigenvalue weighted by Crippen LogP contribution is -2.07. The molecule has 1 aliphatic carbocycles. The first-order valence-corrected chi connectivity index (χ1v) is 11.4. The Bertz CT molecular complexity index is 1380. The van der Waals surface area contributed by atoms with Crippen LogP contribution < -0.4 is 10.1 Å². The highest BCUT2D eigenvalue weighted by Gasteiger charge is 2.38. The Kier molecular flexibility index (Phi) is 4.58. The van der Waals surface area contributed by atoms with Gasteiger partial charge >= 0.3 is 0 Å². The number of para-hydroxylation sites is 2. The second-order valence-electron chi connectivity index (χ2n) is 7.77. The normalized spacial score (nSPS) is 16.5. The SMILES string of the molecule is O=C1C2=C(Nc3ccccc3S[C@@H]2c2cccc(Oc3ccccc3)c2)c2ccccc21. The van der Waals surface area contributed by atoms with E-state index in [2.05, 4.69) is 23.5 Å². The van der Waals surface area contributed by atoms with E-state index in [1.165, 1.54) is 0 Å². The summed E-state index contributed by atoms with van der Waals surface area (Å²) in [7, 11) is 0. The summed E-state index contributed by atoms with van der Waals surface area (Å²) in [6.45, 7) is 0. The van der Waals surface area contributed by atoms with Crippen molar-refractivity contribution in [2.24, 2.45) is 0 Å². The predicted molar refractivity (Wildman–Crippen MR) is 129 cm³/mol. The van der Waals surface area contributed by atoms with E-state index in [4.69, 9.17) is 4.74 Å². The van der Waals surface area contributed by atoms with Crippen LogP contribution in [0.15, 0.2) is 114 Å². The van der Waals surface area contributed by atoms with Gasteiger partial charge in [0.25, 0.3) is 0 Å². The van der Waals surface area contributed by atoms with Gasteiger partial charge in [-0.3, -0.25) is 4.79 Å². The minimum absolute atomic E-state index is 0.0859. The van der Waals surface area contributed by atoms with Crippen LogP contribution in [0.4, 0.5) is 5.69 Å². The van der Waals surface area contributed by atoms with Crippen molar-refractivity contribution in [2.45, 2.75) is 10.1 Å². The number of ketones is 1. The molecule has 0 fully saturated rings. The van der Waals surface area contributed by atoms with Crippen LogP contribution in [0.5, 0.6) is 11.5 Å². The van der Waals surface area contributed by atoms with Gasteiger partial charge in [-0.25, -0.2) is 0 Å². The lowest BCUT2D eigenvalue weighted by molar-refractivity contribution is 0.103. The number of carbonyl (C=O) groups excluding carboxylic acids is 1. The minimum Gasteiger partial charge on any atom is -0.457 e. The summed E-state index contributed by atoms with van der Waals surface area (Å²) in [5.41, 5.74) is 5.48. The highest BCUT2D eigenvalue weighted by Crippen LogP contribution is 2.52. The summed E-state index contributed by atoms with van der Waals surface area (Å²) in [4.78, 5) is 14.7. The molecule has 1 heterocycles. The number of benzene rings is 4. The molecule has 1 N–H and O–H groups in total. The quantitative estimate of drug-likeness (QED) is 0.367. The van der Waals surface area contributed by atoms with E-state index in [0.29, 0.717) is 0 Å². The summed E-state index contributed by atoms with van der Waals surface area (Å²) < 4.78 is 6.08. The van der Waals surface area contributed by atoms with Gasteiger partial charge in [-0.05, 0) is 42.0 Å². The molecule has 0 unspecified atom stereocenters. The number of nitrogens with one attached hydrogen (secondary N) is 1. The Hall–Kier alpha value is -3.76. The van der Waals surface area contributed by atoms with E-state index >= 15 is 0 Å². The van der Waals surface area contributed by atoms with E-state index in [9.17, 15) is 4.79 Å². The summed E-state index contributed by atoms with van der Waals surface area (Å²) in [6, 6.07) is 33.9. The molecule has 154 valence electrons. The Morgan fingerprint density at radius 3 is 2.31 bits per heavy atom. The van der Waals surface area contributed by atoms with Crippen LogP contribution in [-0.4, -0.2) is 5.78 Å². The third-order valence-corrected chi connectivity index (χ3v) is 7.10. The minimum atomic E-state index is -0.152. The van der Waals surface area contributed by atoms with Gasteiger partial charge in [0.15, 0.2) is 5.78 Å². The largest absolute Gasteiger partial charge is 0.457 e. The maximum absolute atomic E-state index is 13.6. The van der Waals surface area contributed by atoms with E-state index < -0.39 is 0 Å². The van der Waals surface area contributed by atoms with Crippen molar-refractivity contribution in [3.8, 4) is 11.5 Å². The first-order chi connectivity index (χ1) is 15.8. The summed E-state index contributed by atoms with van der Waals surface area (Å²) in [6.07, 6.45) is 0. The number of thioether (sulfide) groups is 1. The van der Waals surface area contributed by atoms with Gasteiger partial charge in [-0.1, -0.05) is 66.7 Å². The number of rotatable bonds is 3. The van der Waals surface area contributed by atoms with Crippen LogP contribution in [0.1, 0.15) is 26.7 Å². The molecule has 1 aliphatic heterocycles. The maximum Gasteiger partial charge on any atom is 0.193 e. The van der Waals surface area contributed by atoms with Crippen LogP contribution in [-0.2, 0) is 0 Å². The molecule has 1 atom stereocenters. The van der Waals surface area contributed by atoms with Crippen molar-refractivity contribution in [1.82, 2.24) is 0 Å². The molecule has 0 spiro atoms. The lowest BCUT2D eigenvalue weighted by Gasteiger charge is -2.18. The molecule has 4 aromatic carbocycles. The molecule has 32 heavy (non-hydrogen) atoms. The van der Waals surface area contributed by atoms with E-state index in [1.54, 1.807) is 11.8 Å². The molecule has 6 rings (SSSR count). The molecule has 0 aromatic heterocycles. The average molecular weight is 434 g/mol. The van der Waals surface area contributed by atoms with Crippen molar-refractivity contribution in [3.63, 3.8) is 0 Å². The van der Waals surface area contributed by atoms with Crippen LogP contribution in [0.25, 0.3) is 5.70 Å². The van der Waals surface area contributed by atoms with Crippen LogP contribution in [0, 0.1) is 0 Å². The third-order valence-electron chi connectivity index (χ3n) is 5.75. The molecule has 4 heteroatoms. The van der Waals surface area contributed by atoms with Gasteiger partial charge < -0.3 is 10.1 Å². The molecule has 4 aromatic rings. The first-order valence-electron chi connectivity index (χ1n) is 10.5. The Balaban J connectivity index is 1.47. The fraction of sp³-hybridized carbons (Fsp3) is 0.0357. The van der Waals surface area contributed by atoms with Crippen LogP contribution >= 0.6 is 11.8 Å². The fourth-order valence-corrected chi connectivity index (χ4v) is 5.56. The molecular formula is C28H19NO2S. The number of fused-ring (bicyclic) bond motifs is 3. The number of ether oxygens (including phenoxy) is 1. The van der Waals surface area contributed by atoms with Crippen molar-refractivity contribution >= 4 is 28.9 Å². The molecular weight excluding hydrogens is 414 g/mol. The Morgan fingerprint density at radius 1 is 0.719 bits per heavy atom. The Labute approximate surface area is 190 Å². The van der Waals surface area contributed by atoms with E-state index in [1.807, 2.05) is 84.9 Å². The van der Waals surface area contributed by atoms with Crippen LogP contribution in [0.2, 0.25) is 0 Å². The van der Waals surface area contributed by atoms with Gasteiger partial charge in [0.05, 0.1) is 16.6 Å². The van der Waals surface area contributed by atoms with Crippen molar-refractivity contribution in [2.75, 3.05) is 5.32 Å². The zero-order chi connectivity index (χ0) is 21.5. The number of carbonyl (C=O) groups is 1. The monoisotopic (exact) mass is 433 g/mol. The second kappa shape index (κ2) is 7.74. The van der Waals surface area contributed by atoms with Gasteiger partial charge in [0.1, 0.15) is 11.5 Å². The molecule has 0 amide bonds. The summed E-state index contributed by atoms with van der Waals surface area (Å²) >= 11 is 1.70. The number of hydrogen-bond acceptors (Lipinski definition) is 4. The number of hydrogen-bond donors (Lipinski definition) is 1. The van der Waals surface area contributed by atoms with Gasteiger partial charge in [-0.15, -0.1) is 11.8 Å². The highest BCUT2D eigenvalue weighted by molar-refractivity contribution is 8.00. The third kappa shape index (κ3) is 3.20. The summed E-state index contributed by atoms with van der Waals surface area (Å²) in [5, 5.41) is 3.42. The standard InChI is InChI=1S/C28H19NO2S/c30-27-22-14-5-4-13-21(22)26-25(27)28(32-24-16-7-6-15-23(24)29-26)18-9-8-12-20(17-18)31-19-10-2-1-3-11-19/h1-17,28-29H/t28-/m1/s1. The first kappa shape index (κ1) is 19.0.